The third-order valence-corrected chi connectivity index (χ3v) is 1.97. The number of carbonyl (C=O) groups excluding carboxylic acids is 1. The Morgan fingerprint density at radius 1 is 1.64 bits per heavy atom. The molecule has 0 aromatic heterocycles. The summed E-state index contributed by atoms with van der Waals surface area (Å²) in [5, 5.41) is 0. The Balaban J connectivity index is 3.27. The van der Waals surface area contributed by atoms with Gasteiger partial charge in [-0.1, -0.05) is 12.1 Å². The molecule has 0 spiro atoms. The third kappa shape index (κ3) is 1.93. The van der Waals surface area contributed by atoms with Gasteiger partial charge in [0.25, 0.3) is 0 Å². The van der Waals surface area contributed by atoms with Gasteiger partial charge in [-0.15, -0.1) is 6.58 Å². The second-order valence-electron chi connectivity index (χ2n) is 2.84. The van der Waals surface area contributed by atoms with E-state index >= 15 is 0 Å². The van der Waals surface area contributed by atoms with Gasteiger partial charge < -0.3 is 10.5 Å². The van der Waals surface area contributed by atoms with Gasteiger partial charge in [0.05, 0.1) is 7.11 Å². The fourth-order valence-electron chi connectivity index (χ4n) is 1.34. The van der Waals surface area contributed by atoms with E-state index in [1.54, 1.807) is 31.4 Å². The zero-order valence-electron chi connectivity index (χ0n) is 8.12. The molecule has 1 aromatic rings. The highest BCUT2D eigenvalue weighted by Crippen LogP contribution is 2.22. The van der Waals surface area contributed by atoms with Crippen LogP contribution in [0.2, 0.25) is 0 Å². The monoisotopic (exact) mass is 191 g/mol. The number of rotatable bonds is 4. The fourth-order valence-corrected chi connectivity index (χ4v) is 1.34. The summed E-state index contributed by atoms with van der Waals surface area (Å²) in [7, 11) is 1.56. The van der Waals surface area contributed by atoms with Crippen LogP contribution < -0.4 is 10.5 Å². The van der Waals surface area contributed by atoms with E-state index in [1.165, 1.54) is 0 Å². The lowest BCUT2D eigenvalue weighted by atomic mass is 10.0. The predicted octanol–water partition coefficient (Wildman–Crippen LogP) is 1.52. The van der Waals surface area contributed by atoms with E-state index in [4.69, 9.17) is 10.5 Å². The summed E-state index contributed by atoms with van der Waals surface area (Å²) in [4.78, 5) is 11.1. The summed E-state index contributed by atoms with van der Waals surface area (Å²) in [5.41, 5.74) is 6.52. The maximum atomic E-state index is 11.1. The lowest BCUT2D eigenvalue weighted by Crippen LogP contribution is -2.14. The van der Waals surface area contributed by atoms with Crippen molar-refractivity contribution in [2.75, 3.05) is 7.11 Å². The average molecular weight is 191 g/mol. The molecule has 1 aromatic carbocycles. The summed E-state index contributed by atoms with van der Waals surface area (Å²) in [6, 6.07) is 5.22. The van der Waals surface area contributed by atoms with Crippen molar-refractivity contribution in [2.24, 2.45) is 5.73 Å². The van der Waals surface area contributed by atoms with Crippen LogP contribution >= 0.6 is 0 Å². The number of amides is 1. The van der Waals surface area contributed by atoms with Crippen LogP contribution in [0.25, 0.3) is 0 Å². The summed E-state index contributed by atoms with van der Waals surface area (Å²) in [6.45, 7) is 3.62. The fraction of sp³-hybridized carbons (Fsp3) is 0.182. The molecular formula is C11H13NO2. The molecule has 14 heavy (non-hydrogen) atoms. The van der Waals surface area contributed by atoms with Crippen LogP contribution in [0.1, 0.15) is 15.9 Å². The standard InChI is InChI=1S/C11H13NO2/c1-3-5-8-9(11(12)13)6-4-7-10(8)14-2/h3-4,6-7H,1,5H2,2H3,(H2,12,13). The Kier molecular flexibility index (Phi) is 3.29. The molecule has 74 valence electrons. The van der Waals surface area contributed by atoms with Crippen molar-refractivity contribution in [1.29, 1.82) is 0 Å². The summed E-state index contributed by atoms with van der Waals surface area (Å²) in [6.07, 6.45) is 2.28. The Morgan fingerprint density at radius 2 is 2.36 bits per heavy atom. The van der Waals surface area contributed by atoms with E-state index in [1.807, 2.05) is 0 Å². The van der Waals surface area contributed by atoms with Gasteiger partial charge in [0.15, 0.2) is 0 Å². The van der Waals surface area contributed by atoms with E-state index in [2.05, 4.69) is 6.58 Å². The first kappa shape index (κ1) is 10.3. The molecule has 3 heteroatoms. The summed E-state index contributed by atoms with van der Waals surface area (Å²) < 4.78 is 5.13. The Bertz CT molecular complexity index is 358. The number of methoxy groups -OCH3 is 1. The zero-order valence-corrected chi connectivity index (χ0v) is 8.12. The number of hydrogen-bond donors (Lipinski definition) is 1. The number of carbonyl (C=O) groups is 1. The van der Waals surface area contributed by atoms with Gasteiger partial charge in [-0.25, -0.2) is 0 Å². The van der Waals surface area contributed by atoms with E-state index in [-0.39, 0.29) is 0 Å². The first-order valence-corrected chi connectivity index (χ1v) is 4.27. The van der Waals surface area contributed by atoms with Gasteiger partial charge >= 0.3 is 0 Å². The molecule has 0 saturated carbocycles. The molecule has 0 bridgehead atoms. The normalized spacial score (nSPS) is 9.50. The van der Waals surface area contributed by atoms with Gasteiger partial charge in [0.1, 0.15) is 5.75 Å². The van der Waals surface area contributed by atoms with Crippen LogP contribution in [-0.4, -0.2) is 13.0 Å². The molecule has 1 rings (SSSR count). The van der Waals surface area contributed by atoms with Crippen molar-refractivity contribution in [2.45, 2.75) is 6.42 Å². The zero-order chi connectivity index (χ0) is 10.6. The van der Waals surface area contributed by atoms with Crippen molar-refractivity contribution in [3.05, 3.63) is 42.0 Å². The molecular weight excluding hydrogens is 178 g/mol. The first-order valence-electron chi connectivity index (χ1n) is 4.27. The minimum atomic E-state index is -0.444. The van der Waals surface area contributed by atoms with E-state index in [0.717, 1.165) is 5.56 Å². The molecule has 3 nitrogen and oxygen atoms in total. The van der Waals surface area contributed by atoms with Gasteiger partial charge in [0.2, 0.25) is 5.91 Å². The lowest BCUT2D eigenvalue weighted by Gasteiger charge is -2.09. The molecule has 0 aliphatic heterocycles. The van der Waals surface area contributed by atoms with E-state index in [0.29, 0.717) is 17.7 Å². The summed E-state index contributed by atoms with van der Waals surface area (Å²) >= 11 is 0. The predicted molar refractivity (Wildman–Crippen MR) is 55.4 cm³/mol. The average Bonchev–Trinajstić information content (AvgIpc) is 2.18. The van der Waals surface area contributed by atoms with Gasteiger partial charge in [-0.2, -0.15) is 0 Å². The maximum Gasteiger partial charge on any atom is 0.249 e. The number of hydrogen-bond acceptors (Lipinski definition) is 2. The number of primary amides is 1. The molecule has 1 amide bonds. The molecule has 0 heterocycles. The minimum Gasteiger partial charge on any atom is -0.496 e. The van der Waals surface area contributed by atoms with Crippen LogP contribution in [0.5, 0.6) is 5.75 Å². The topological polar surface area (TPSA) is 52.3 Å². The van der Waals surface area contributed by atoms with Crippen LogP contribution in [0, 0.1) is 0 Å². The third-order valence-electron chi connectivity index (χ3n) is 1.97. The first-order chi connectivity index (χ1) is 6.70. The van der Waals surface area contributed by atoms with Crippen molar-refractivity contribution in [3.8, 4) is 5.75 Å². The second kappa shape index (κ2) is 4.46. The SMILES string of the molecule is C=CCc1c(OC)cccc1C(N)=O. The number of ether oxygens (including phenoxy) is 1. The molecule has 0 aliphatic carbocycles. The molecule has 0 atom stereocenters. The van der Waals surface area contributed by atoms with Crippen molar-refractivity contribution in [3.63, 3.8) is 0 Å². The van der Waals surface area contributed by atoms with Crippen molar-refractivity contribution >= 4 is 5.91 Å². The van der Waals surface area contributed by atoms with Crippen LogP contribution in [0.3, 0.4) is 0 Å². The minimum absolute atomic E-state index is 0.444. The number of allylic oxidation sites excluding steroid dienone is 1. The largest absolute Gasteiger partial charge is 0.496 e. The molecule has 0 unspecified atom stereocenters. The Morgan fingerprint density at radius 3 is 2.86 bits per heavy atom. The molecule has 0 radical (unpaired) electrons. The second-order valence-corrected chi connectivity index (χ2v) is 2.84. The maximum absolute atomic E-state index is 11.1. The van der Waals surface area contributed by atoms with Crippen molar-refractivity contribution in [1.82, 2.24) is 0 Å². The van der Waals surface area contributed by atoms with Crippen molar-refractivity contribution < 1.29 is 9.53 Å². The van der Waals surface area contributed by atoms with Crippen LogP contribution in [0.15, 0.2) is 30.9 Å². The van der Waals surface area contributed by atoms with E-state index < -0.39 is 5.91 Å². The van der Waals surface area contributed by atoms with Gasteiger partial charge in [0, 0.05) is 11.1 Å². The highest BCUT2D eigenvalue weighted by molar-refractivity contribution is 5.95. The highest BCUT2D eigenvalue weighted by atomic mass is 16.5. The van der Waals surface area contributed by atoms with E-state index in [9.17, 15) is 4.79 Å². The highest BCUT2D eigenvalue weighted by Gasteiger charge is 2.11. The molecule has 2 N–H and O–H groups in total. The molecule has 0 aliphatic rings. The van der Waals surface area contributed by atoms with Crippen LogP contribution in [0.4, 0.5) is 0 Å². The number of benzene rings is 1. The molecule has 0 saturated heterocycles. The van der Waals surface area contributed by atoms with Gasteiger partial charge in [-0.05, 0) is 18.6 Å². The smallest absolute Gasteiger partial charge is 0.249 e. The Hall–Kier alpha value is -1.77. The van der Waals surface area contributed by atoms with Crippen LogP contribution in [-0.2, 0) is 6.42 Å². The quantitative estimate of drug-likeness (QED) is 0.733. The molecule has 0 fully saturated rings. The Labute approximate surface area is 83.2 Å². The lowest BCUT2D eigenvalue weighted by molar-refractivity contribution is 0.0999. The summed E-state index contributed by atoms with van der Waals surface area (Å²) in [5.74, 6) is 0.224. The van der Waals surface area contributed by atoms with Gasteiger partial charge in [-0.3, -0.25) is 4.79 Å². The number of nitrogens with two attached hydrogens (primary N) is 1.